The fourth-order valence-electron chi connectivity index (χ4n) is 3.29. The van der Waals surface area contributed by atoms with E-state index in [-0.39, 0.29) is 12.5 Å². The number of amides is 2. The number of sulfonamides is 1. The number of anilines is 1. The number of rotatable bonds is 10. The third kappa shape index (κ3) is 7.46. The van der Waals surface area contributed by atoms with Gasteiger partial charge >= 0.3 is 0 Å². The molecule has 11 heteroatoms. The maximum Gasteiger partial charge on any atom is 0.244 e. The summed E-state index contributed by atoms with van der Waals surface area (Å²) < 4.78 is 27.0. The van der Waals surface area contributed by atoms with Gasteiger partial charge in [0.05, 0.1) is 11.9 Å². The second kappa shape index (κ2) is 12.2. The van der Waals surface area contributed by atoms with Crippen LogP contribution < -0.4 is 9.62 Å². The Labute approximate surface area is 218 Å². The third-order valence-electron chi connectivity index (χ3n) is 4.92. The average Bonchev–Trinajstić information content (AvgIpc) is 2.74. The van der Waals surface area contributed by atoms with Crippen LogP contribution in [0, 0.1) is 3.57 Å². The number of carbonyl (C=O) groups excluding carboxylic acids is 2. The van der Waals surface area contributed by atoms with E-state index in [9.17, 15) is 18.0 Å². The SMILES string of the molecule is CCNC(=O)C(CC)N(Cc1c(Cl)cccc1Cl)C(=O)CN(c1ccc(I)cc1)S(C)(=O)=O. The summed E-state index contributed by atoms with van der Waals surface area (Å²) in [6, 6.07) is 10.9. The van der Waals surface area contributed by atoms with E-state index < -0.39 is 28.5 Å². The van der Waals surface area contributed by atoms with Gasteiger partial charge < -0.3 is 10.2 Å². The first-order chi connectivity index (χ1) is 15.5. The van der Waals surface area contributed by atoms with Crippen LogP contribution in [0.2, 0.25) is 10.0 Å². The summed E-state index contributed by atoms with van der Waals surface area (Å²) in [5.41, 5.74) is 0.838. The molecule has 1 unspecified atom stereocenters. The zero-order chi connectivity index (χ0) is 24.8. The minimum atomic E-state index is -3.78. The first-order valence-corrected chi connectivity index (χ1v) is 13.9. The number of nitrogens with zero attached hydrogens (tertiary/aromatic N) is 2. The third-order valence-corrected chi connectivity index (χ3v) is 7.49. The highest BCUT2D eigenvalue weighted by Gasteiger charge is 2.32. The van der Waals surface area contributed by atoms with Crippen LogP contribution >= 0.6 is 45.8 Å². The molecule has 2 aromatic carbocycles. The zero-order valence-corrected chi connectivity index (χ0v) is 23.0. The van der Waals surface area contributed by atoms with Crippen LogP contribution in [0.1, 0.15) is 25.8 Å². The van der Waals surface area contributed by atoms with E-state index in [1.54, 1.807) is 56.3 Å². The second-order valence-corrected chi connectivity index (χ2v) is 11.3. The molecular formula is C22H26Cl2IN3O4S. The molecule has 0 radical (unpaired) electrons. The number of hydrogen-bond donors (Lipinski definition) is 1. The standard InChI is InChI=1S/C22H26Cl2IN3O4S/c1-4-20(22(30)26-5-2)27(13-17-18(23)7-6-8-19(17)24)21(29)14-28(33(3,31)32)16-11-9-15(25)10-12-16/h6-12,20H,4-5,13-14H2,1-3H3,(H,26,30). The van der Waals surface area contributed by atoms with E-state index in [1.807, 2.05) is 0 Å². The van der Waals surface area contributed by atoms with Crippen molar-refractivity contribution >= 4 is 73.3 Å². The van der Waals surface area contributed by atoms with Crippen LogP contribution in [0.25, 0.3) is 0 Å². The van der Waals surface area contributed by atoms with Gasteiger partial charge in [-0.05, 0) is 72.3 Å². The van der Waals surface area contributed by atoms with Gasteiger partial charge in [0.15, 0.2) is 0 Å². The summed E-state index contributed by atoms with van der Waals surface area (Å²) in [7, 11) is -3.78. The van der Waals surface area contributed by atoms with Crippen molar-refractivity contribution in [2.24, 2.45) is 0 Å². The summed E-state index contributed by atoms with van der Waals surface area (Å²) in [5.74, 6) is -0.884. The van der Waals surface area contributed by atoms with Gasteiger partial charge in [0.1, 0.15) is 12.6 Å². The molecule has 0 heterocycles. The monoisotopic (exact) mass is 625 g/mol. The van der Waals surface area contributed by atoms with Gasteiger partial charge in [0, 0.05) is 32.3 Å². The molecule has 0 bridgehead atoms. The van der Waals surface area contributed by atoms with Crippen molar-refractivity contribution in [2.75, 3.05) is 23.7 Å². The van der Waals surface area contributed by atoms with Gasteiger partial charge in [-0.25, -0.2) is 8.42 Å². The van der Waals surface area contributed by atoms with E-state index >= 15 is 0 Å². The molecule has 2 amide bonds. The Morgan fingerprint density at radius 1 is 1.06 bits per heavy atom. The Morgan fingerprint density at radius 2 is 1.64 bits per heavy atom. The van der Waals surface area contributed by atoms with Gasteiger partial charge in [0.2, 0.25) is 21.8 Å². The zero-order valence-electron chi connectivity index (χ0n) is 18.5. The van der Waals surface area contributed by atoms with E-state index in [1.165, 1.54) is 4.90 Å². The minimum Gasteiger partial charge on any atom is -0.355 e. The average molecular weight is 626 g/mol. The quantitative estimate of drug-likeness (QED) is 0.399. The van der Waals surface area contributed by atoms with Crippen LogP contribution in [-0.2, 0) is 26.2 Å². The fraction of sp³-hybridized carbons (Fsp3) is 0.364. The summed E-state index contributed by atoms with van der Waals surface area (Å²) in [6.07, 6.45) is 1.36. The molecule has 0 spiro atoms. The van der Waals surface area contributed by atoms with Crippen molar-refractivity contribution in [3.8, 4) is 0 Å². The van der Waals surface area contributed by atoms with Crippen molar-refractivity contribution < 1.29 is 18.0 Å². The van der Waals surface area contributed by atoms with E-state index in [0.29, 0.717) is 34.3 Å². The summed E-state index contributed by atoms with van der Waals surface area (Å²) in [5, 5.41) is 3.44. The highest BCUT2D eigenvalue weighted by molar-refractivity contribution is 14.1. The summed E-state index contributed by atoms with van der Waals surface area (Å²) >= 11 is 14.8. The molecule has 1 atom stereocenters. The van der Waals surface area contributed by atoms with Gasteiger partial charge in [-0.1, -0.05) is 36.2 Å². The van der Waals surface area contributed by atoms with Crippen LogP contribution in [-0.4, -0.2) is 50.5 Å². The number of carbonyl (C=O) groups is 2. The Morgan fingerprint density at radius 3 is 2.12 bits per heavy atom. The maximum absolute atomic E-state index is 13.5. The summed E-state index contributed by atoms with van der Waals surface area (Å²) in [6.45, 7) is 3.43. The summed E-state index contributed by atoms with van der Waals surface area (Å²) in [4.78, 5) is 27.6. The first-order valence-electron chi connectivity index (χ1n) is 10.2. The Bertz CT molecular complexity index is 1080. The van der Waals surface area contributed by atoms with Crippen LogP contribution in [0.4, 0.5) is 5.69 Å². The van der Waals surface area contributed by atoms with Crippen LogP contribution in [0.5, 0.6) is 0 Å². The van der Waals surface area contributed by atoms with E-state index in [0.717, 1.165) is 14.1 Å². The fourth-order valence-corrected chi connectivity index (χ4v) is 5.01. The molecule has 33 heavy (non-hydrogen) atoms. The Balaban J connectivity index is 2.48. The lowest BCUT2D eigenvalue weighted by Gasteiger charge is -2.33. The molecule has 7 nitrogen and oxygen atoms in total. The molecular weight excluding hydrogens is 600 g/mol. The molecule has 0 saturated carbocycles. The molecule has 0 fully saturated rings. The van der Waals surface area contributed by atoms with E-state index in [4.69, 9.17) is 23.2 Å². The lowest BCUT2D eigenvalue weighted by atomic mass is 10.1. The first kappa shape index (κ1) is 27.7. The number of benzene rings is 2. The molecule has 1 N–H and O–H groups in total. The molecule has 0 aliphatic carbocycles. The minimum absolute atomic E-state index is 0.0444. The normalized spacial score (nSPS) is 12.2. The Hall–Kier alpha value is -1.56. The van der Waals surface area contributed by atoms with Gasteiger partial charge in [-0.3, -0.25) is 13.9 Å². The van der Waals surface area contributed by atoms with Crippen molar-refractivity contribution in [1.82, 2.24) is 10.2 Å². The topological polar surface area (TPSA) is 86.8 Å². The predicted molar refractivity (Wildman–Crippen MR) is 141 cm³/mol. The maximum atomic E-state index is 13.5. The second-order valence-electron chi connectivity index (χ2n) is 7.29. The van der Waals surface area contributed by atoms with Crippen LogP contribution in [0.15, 0.2) is 42.5 Å². The van der Waals surface area contributed by atoms with Gasteiger partial charge in [-0.2, -0.15) is 0 Å². The lowest BCUT2D eigenvalue weighted by Crippen LogP contribution is -2.52. The predicted octanol–water partition coefficient (Wildman–Crippen LogP) is 4.31. The number of halogens is 3. The Kier molecular flexibility index (Phi) is 10.3. The van der Waals surface area contributed by atoms with Crippen LogP contribution in [0.3, 0.4) is 0 Å². The molecule has 0 aliphatic rings. The number of nitrogens with one attached hydrogen (secondary N) is 1. The molecule has 2 aromatic rings. The molecule has 0 saturated heterocycles. The van der Waals surface area contributed by atoms with E-state index in [2.05, 4.69) is 27.9 Å². The van der Waals surface area contributed by atoms with Crippen molar-refractivity contribution in [1.29, 1.82) is 0 Å². The molecule has 0 aliphatic heterocycles. The largest absolute Gasteiger partial charge is 0.355 e. The van der Waals surface area contributed by atoms with Crippen molar-refractivity contribution in [2.45, 2.75) is 32.9 Å². The number of likely N-dealkylation sites (N-methyl/N-ethyl adjacent to an activating group) is 1. The molecule has 0 aromatic heterocycles. The smallest absolute Gasteiger partial charge is 0.244 e. The highest BCUT2D eigenvalue weighted by Crippen LogP contribution is 2.27. The van der Waals surface area contributed by atoms with Gasteiger partial charge in [-0.15, -0.1) is 0 Å². The lowest BCUT2D eigenvalue weighted by molar-refractivity contribution is -0.140. The number of hydrogen-bond acceptors (Lipinski definition) is 4. The van der Waals surface area contributed by atoms with Gasteiger partial charge in [0.25, 0.3) is 0 Å². The molecule has 180 valence electrons. The highest BCUT2D eigenvalue weighted by atomic mass is 127. The van der Waals surface area contributed by atoms with Crippen molar-refractivity contribution in [3.63, 3.8) is 0 Å². The van der Waals surface area contributed by atoms with Crippen molar-refractivity contribution in [3.05, 3.63) is 61.6 Å². The molecule has 2 rings (SSSR count).